The summed E-state index contributed by atoms with van der Waals surface area (Å²) in [5.74, 6) is 1.28. The number of imidazole rings is 1. The van der Waals surface area contributed by atoms with Crippen molar-refractivity contribution < 1.29 is 9.59 Å². The Balaban J connectivity index is 1.42. The molecule has 2 unspecified atom stereocenters. The molecule has 2 N–H and O–H groups in total. The highest BCUT2D eigenvalue weighted by atomic mass is 32.1. The van der Waals surface area contributed by atoms with Crippen LogP contribution < -0.4 is 10.6 Å². The Morgan fingerprint density at radius 2 is 1.95 bits per heavy atom. The van der Waals surface area contributed by atoms with E-state index in [0.29, 0.717) is 28.7 Å². The molecule has 0 bridgehead atoms. The minimum atomic E-state index is -0.194. The normalized spacial score (nSPS) is 22.3. The fourth-order valence-corrected chi connectivity index (χ4v) is 6.06. The summed E-state index contributed by atoms with van der Waals surface area (Å²) >= 11 is 1.17. The fraction of sp³-hybridized carbons (Fsp3) is 0.500. The topological polar surface area (TPSA) is 92.2 Å². The van der Waals surface area contributed by atoms with Crippen LogP contribution in [0.4, 0.5) is 5.95 Å². The third-order valence-corrected chi connectivity index (χ3v) is 8.88. The first-order valence-electron chi connectivity index (χ1n) is 13.0. The molecule has 8 nitrogen and oxygen atoms in total. The number of likely N-dealkylation sites (tertiary alicyclic amines) is 1. The second kappa shape index (κ2) is 10.0. The third-order valence-electron chi connectivity index (χ3n) is 8.13. The van der Waals surface area contributed by atoms with E-state index in [1.165, 1.54) is 17.6 Å². The lowest BCUT2D eigenvalue weighted by Gasteiger charge is -2.28. The Morgan fingerprint density at radius 1 is 1.22 bits per heavy atom. The molecule has 37 heavy (non-hydrogen) atoms. The molecule has 1 aromatic carbocycles. The first-order chi connectivity index (χ1) is 17.6. The van der Waals surface area contributed by atoms with E-state index in [1.54, 1.807) is 12.3 Å². The molecule has 2 amide bonds. The molecule has 3 heterocycles. The Hall–Kier alpha value is -3.04. The number of fused-ring (bicyclic) bond motifs is 2. The van der Waals surface area contributed by atoms with Gasteiger partial charge in [-0.15, -0.1) is 0 Å². The van der Waals surface area contributed by atoms with E-state index < -0.39 is 0 Å². The first kappa shape index (κ1) is 25.6. The summed E-state index contributed by atoms with van der Waals surface area (Å²) in [6, 6.07) is 8.70. The van der Waals surface area contributed by atoms with Gasteiger partial charge in [0.15, 0.2) is 0 Å². The van der Waals surface area contributed by atoms with Gasteiger partial charge in [-0.2, -0.15) is 0 Å². The van der Waals surface area contributed by atoms with Crippen molar-refractivity contribution in [1.82, 2.24) is 24.1 Å². The lowest BCUT2D eigenvalue weighted by Crippen LogP contribution is -2.37. The molecule has 0 spiro atoms. The molecule has 2 fully saturated rings. The molecular formula is C28H36N6O2S. The maximum atomic E-state index is 12.9. The molecular weight excluding hydrogens is 484 g/mol. The number of carbonyl (C=O) groups is 2. The van der Waals surface area contributed by atoms with E-state index >= 15 is 0 Å². The molecule has 196 valence electrons. The highest BCUT2D eigenvalue weighted by Crippen LogP contribution is 2.46. The van der Waals surface area contributed by atoms with Crippen molar-refractivity contribution in [2.45, 2.75) is 59.2 Å². The SMILES string of the molecule is C=CC(=O)N1CC2CC(n3c(NC(=O)c4ccns4)nc4cc(CN[C@@H](C)C(C)(C)C)ccc43)CC2C1. The molecule has 5 rings (SSSR count). The van der Waals surface area contributed by atoms with Crippen LogP contribution in [-0.4, -0.2) is 49.8 Å². The van der Waals surface area contributed by atoms with Gasteiger partial charge in [-0.05, 0) is 78.4 Å². The maximum Gasteiger partial charge on any atom is 0.269 e. The number of anilines is 1. The summed E-state index contributed by atoms with van der Waals surface area (Å²) in [6.45, 7) is 14.8. The van der Waals surface area contributed by atoms with Gasteiger partial charge in [0, 0.05) is 37.9 Å². The van der Waals surface area contributed by atoms with Crippen LogP contribution >= 0.6 is 11.5 Å². The molecule has 3 aromatic rings. The molecule has 9 heteroatoms. The molecule has 1 aliphatic heterocycles. The highest BCUT2D eigenvalue weighted by Gasteiger charge is 2.43. The van der Waals surface area contributed by atoms with Gasteiger partial charge in [0.25, 0.3) is 5.91 Å². The molecule has 1 saturated heterocycles. The van der Waals surface area contributed by atoms with Gasteiger partial charge in [0.1, 0.15) is 4.88 Å². The lowest BCUT2D eigenvalue weighted by atomic mass is 9.88. The van der Waals surface area contributed by atoms with Gasteiger partial charge in [-0.3, -0.25) is 14.9 Å². The zero-order chi connectivity index (χ0) is 26.3. The summed E-state index contributed by atoms with van der Waals surface area (Å²) < 4.78 is 6.27. The van der Waals surface area contributed by atoms with Crippen LogP contribution in [0.15, 0.2) is 43.1 Å². The molecule has 1 saturated carbocycles. The monoisotopic (exact) mass is 520 g/mol. The zero-order valence-corrected chi connectivity index (χ0v) is 22.8. The minimum absolute atomic E-state index is 0.0125. The van der Waals surface area contributed by atoms with Crippen LogP contribution in [0.1, 0.15) is 61.8 Å². The molecule has 3 atom stereocenters. The van der Waals surface area contributed by atoms with Crippen LogP contribution in [0.2, 0.25) is 0 Å². The van der Waals surface area contributed by atoms with E-state index in [1.807, 2.05) is 4.90 Å². The summed E-state index contributed by atoms with van der Waals surface area (Å²) in [5, 5.41) is 6.69. The average Bonchev–Trinajstić information content (AvgIpc) is 3.63. The van der Waals surface area contributed by atoms with Crippen LogP contribution in [0.5, 0.6) is 0 Å². The van der Waals surface area contributed by atoms with E-state index in [0.717, 1.165) is 49.1 Å². The summed E-state index contributed by atoms with van der Waals surface area (Å²) in [4.78, 5) is 32.5. The predicted octanol–water partition coefficient (Wildman–Crippen LogP) is 4.86. The number of aromatic nitrogens is 3. The Morgan fingerprint density at radius 3 is 2.57 bits per heavy atom. The number of benzene rings is 1. The second-order valence-corrected chi connectivity index (χ2v) is 12.4. The second-order valence-electron chi connectivity index (χ2n) is 11.5. The standard InChI is InChI=1S/C28H36N6O2S/c1-6-25(35)33-15-19-12-21(13-20(19)16-33)34-23-8-7-18(14-29-17(2)28(3,4)5)11-22(23)31-27(34)32-26(36)24-9-10-30-37-24/h6-11,17,19-21,29H,1,12-16H2,2-5H3,(H,31,32,36)/t17-,19?,20?,21?/m0/s1. The van der Waals surface area contributed by atoms with E-state index in [4.69, 9.17) is 4.98 Å². The number of nitrogens with one attached hydrogen (secondary N) is 2. The van der Waals surface area contributed by atoms with E-state index in [-0.39, 0.29) is 23.3 Å². The Kier molecular flexibility index (Phi) is 6.93. The quantitative estimate of drug-likeness (QED) is 0.434. The van der Waals surface area contributed by atoms with Crippen LogP contribution in [0.25, 0.3) is 11.0 Å². The Labute approximate surface area is 222 Å². The number of rotatable bonds is 7. The Bertz CT molecular complexity index is 1290. The van der Waals surface area contributed by atoms with Gasteiger partial charge >= 0.3 is 0 Å². The van der Waals surface area contributed by atoms with Crippen LogP contribution in [0, 0.1) is 17.3 Å². The third kappa shape index (κ3) is 5.20. The van der Waals surface area contributed by atoms with Gasteiger partial charge in [0.2, 0.25) is 11.9 Å². The summed E-state index contributed by atoms with van der Waals surface area (Å²) in [5.41, 5.74) is 3.24. The number of carbonyl (C=O) groups excluding carboxylic acids is 2. The van der Waals surface area contributed by atoms with Gasteiger partial charge in [-0.1, -0.05) is 33.4 Å². The summed E-state index contributed by atoms with van der Waals surface area (Å²) in [6.07, 6.45) is 4.94. The number of hydrogen-bond donors (Lipinski definition) is 2. The van der Waals surface area contributed by atoms with E-state index in [2.05, 4.69) is 72.0 Å². The number of amides is 2. The van der Waals surface area contributed by atoms with Gasteiger partial charge in [0.05, 0.1) is 11.0 Å². The van der Waals surface area contributed by atoms with Crippen molar-refractivity contribution in [3.63, 3.8) is 0 Å². The molecule has 0 radical (unpaired) electrons. The van der Waals surface area contributed by atoms with Crippen molar-refractivity contribution in [3.8, 4) is 0 Å². The predicted molar refractivity (Wildman–Crippen MR) is 148 cm³/mol. The smallest absolute Gasteiger partial charge is 0.269 e. The van der Waals surface area contributed by atoms with Crippen LogP contribution in [0.3, 0.4) is 0 Å². The van der Waals surface area contributed by atoms with Gasteiger partial charge < -0.3 is 14.8 Å². The lowest BCUT2D eigenvalue weighted by molar-refractivity contribution is -0.125. The largest absolute Gasteiger partial charge is 0.339 e. The molecule has 1 aliphatic carbocycles. The van der Waals surface area contributed by atoms with Crippen LogP contribution in [-0.2, 0) is 11.3 Å². The van der Waals surface area contributed by atoms with Crippen molar-refractivity contribution in [3.05, 3.63) is 53.6 Å². The summed E-state index contributed by atoms with van der Waals surface area (Å²) in [7, 11) is 0. The van der Waals surface area contributed by atoms with Gasteiger partial charge in [-0.25, -0.2) is 9.36 Å². The highest BCUT2D eigenvalue weighted by molar-refractivity contribution is 7.08. The maximum absolute atomic E-state index is 12.9. The number of nitrogens with zero attached hydrogens (tertiary/aromatic N) is 4. The molecule has 2 aromatic heterocycles. The van der Waals surface area contributed by atoms with Crippen molar-refractivity contribution >= 4 is 40.3 Å². The molecule has 2 aliphatic rings. The van der Waals surface area contributed by atoms with Crippen molar-refractivity contribution in [2.75, 3.05) is 18.4 Å². The average molecular weight is 521 g/mol. The zero-order valence-electron chi connectivity index (χ0n) is 22.0. The van der Waals surface area contributed by atoms with Crippen molar-refractivity contribution in [1.29, 1.82) is 0 Å². The first-order valence-corrected chi connectivity index (χ1v) is 13.8. The fourth-order valence-electron chi connectivity index (χ4n) is 5.57. The number of hydrogen-bond acceptors (Lipinski definition) is 6. The van der Waals surface area contributed by atoms with E-state index in [9.17, 15) is 9.59 Å². The minimum Gasteiger partial charge on any atom is -0.339 e. The van der Waals surface area contributed by atoms with Crippen molar-refractivity contribution in [2.24, 2.45) is 17.3 Å².